The number of carbonyl (C=O) groups excluding carboxylic acids is 2. The van der Waals surface area contributed by atoms with Crippen LogP contribution in [0.3, 0.4) is 0 Å². The molecule has 0 fully saturated rings. The molecule has 38 heavy (non-hydrogen) atoms. The summed E-state index contributed by atoms with van der Waals surface area (Å²) in [6.07, 6.45) is 4.29. The number of rotatable bonds is 11. The van der Waals surface area contributed by atoms with Gasteiger partial charge in [0.05, 0.1) is 13.2 Å². The first-order chi connectivity index (χ1) is 17.8. The standard InChI is InChI=1S/C28H39BrN2O4S2Si/c1-20-8-9-21(19-24(20)29)18-22(35-38(6,7)28(2,3)4)12-14-30-16-17-36-27(33)31(30)15-13-23-10-11-25(37-23)26(32)34-5/h8-11,16-17,19,22H,12-15,18H2,1-7H3. The van der Waals surface area contributed by atoms with Crippen molar-refractivity contribution >= 4 is 58.6 Å². The highest BCUT2D eigenvalue weighted by molar-refractivity contribution is 9.10. The van der Waals surface area contributed by atoms with Crippen molar-refractivity contribution in [1.29, 1.82) is 0 Å². The average Bonchev–Trinajstić information content (AvgIpc) is 3.32. The molecule has 1 amide bonds. The minimum atomic E-state index is -2.00. The van der Waals surface area contributed by atoms with Crippen LogP contribution in [0.4, 0.5) is 4.79 Å². The number of hydrogen-bond donors (Lipinski definition) is 0. The number of amides is 1. The summed E-state index contributed by atoms with van der Waals surface area (Å²) in [6, 6.07) is 10.2. The lowest BCUT2D eigenvalue weighted by atomic mass is 10.0. The molecule has 0 aliphatic carbocycles. The van der Waals surface area contributed by atoms with Crippen molar-refractivity contribution in [2.24, 2.45) is 0 Å². The Labute approximate surface area is 245 Å². The fourth-order valence-corrected chi connectivity index (χ4v) is 7.22. The lowest BCUT2D eigenvalue weighted by Crippen LogP contribution is -2.47. The number of thioether (sulfide) groups is 1. The molecule has 1 aliphatic rings. The van der Waals surface area contributed by atoms with E-state index in [1.165, 1.54) is 41.3 Å². The summed E-state index contributed by atoms with van der Waals surface area (Å²) in [4.78, 5) is 26.3. The van der Waals surface area contributed by atoms with Crippen molar-refractivity contribution in [2.75, 3.05) is 20.2 Å². The normalized spacial score (nSPS) is 15.2. The first kappa shape index (κ1) is 30.9. The zero-order chi connectivity index (χ0) is 28.1. The summed E-state index contributed by atoms with van der Waals surface area (Å²) < 4.78 is 12.8. The van der Waals surface area contributed by atoms with Crippen molar-refractivity contribution in [2.45, 2.75) is 71.2 Å². The number of benzene rings is 1. The molecule has 0 saturated heterocycles. The van der Waals surface area contributed by atoms with Crippen molar-refractivity contribution in [1.82, 2.24) is 10.0 Å². The first-order valence-electron chi connectivity index (χ1n) is 12.8. The van der Waals surface area contributed by atoms with Crippen LogP contribution >= 0.6 is 39.0 Å². The second-order valence-corrected chi connectivity index (χ2v) is 18.7. The number of carbonyl (C=O) groups is 2. The summed E-state index contributed by atoms with van der Waals surface area (Å²) in [6.45, 7) is 14.7. The van der Waals surface area contributed by atoms with Gasteiger partial charge in [-0.05, 0) is 84.4 Å². The van der Waals surface area contributed by atoms with Crippen LogP contribution in [0.2, 0.25) is 18.1 Å². The summed E-state index contributed by atoms with van der Waals surface area (Å²) in [5.74, 6) is -0.330. The van der Waals surface area contributed by atoms with Crippen LogP contribution in [0, 0.1) is 6.92 Å². The van der Waals surface area contributed by atoms with Crippen LogP contribution in [-0.4, -0.2) is 55.8 Å². The molecule has 1 unspecified atom stereocenters. The molecule has 2 heterocycles. The topological polar surface area (TPSA) is 59.1 Å². The molecule has 0 saturated carbocycles. The van der Waals surface area contributed by atoms with Crippen molar-refractivity contribution in [3.8, 4) is 0 Å². The fraction of sp³-hybridized carbons (Fsp3) is 0.500. The van der Waals surface area contributed by atoms with Gasteiger partial charge in [0.2, 0.25) is 0 Å². The van der Waals surface area contributed by atoms with E-state index in [-0.39, 0.29) is 22.4 Å². The van der Waals surface area contributed by atoms with Crippen LogP contribution in [0.15, 0.2) is 46.4 Å². The molecule has 0 radical (unpaired) electrons. The Morgan fingerprint density at radius 3 is 2.55 bits per heavy atom. The maximum absolute atomic E-state index is 12.8. The zero-order valence-corrected chi connectivity index (χ0v) is 27.6. The minimum Gasteiger partial charge on any atom is -0.465 e. The van der Waals surface area contributed by atoms with Crippen molar-refractivity contribution in [3.63, 3.8) is 0 Å². The third-order valence-corrected chi connectivity index (χ3v) is 14.4. The summed E-state index contributed by atoms with van der Waals surface area (Å²) in [5, 5.41) is 5.77. The largest absolute Gasteiger partial charge is 0.465 e. The molecule has 6 nitrogen and oxygen atoms in total. The Kier molecular flexibility index (Phi) is 10.7. The van der Waals surface area contributed by atoms with Crippen molar-refractivity contribution in [3.05, 3.63) is 67.3 Å². The number of hydrazine groups is 1. The molecule has 1 aromatic carbocycles. The molecule has 1 aromatic heterocycles. The number of esters is 1. The molecular formula is C28H39BrN2O4S2Si. The van der Waals surface area contributed by atoms with Gasteiger partial charge in [0.15, 0.2) is 8.32 Å². The Morgan fingerprint density at radius 2 is 1.89 bits per heavy atom. The summed E-state index contributed by atoms with van der Waals surface area (Å²) in [7, 11) is -0.618. The van der Waals surface area contributed by atoms with E-state index in [0.29, 0.717) is 24.4 Å². The van der Waals surface area contributed by atoms with Crippen molar-refractivity contribution < 1.29 is 18.8 Å². The summed E-state index contributed by atoms with van der Waals surface area (Å²) >= 11 is 6.28. The van der Waals surface area contributed by atoms with Crippen LogP contribution in [0.1, 0.15) is 52.9 Å². The maximum atomic E-state index is 12.8. The Balaban J connectivity index is 1.72. The zero-order valence-electron chi connectivity index (χ0n) is 23.4. The molecule has 2 aromatic rings. The molecule has 10 heteroatoms. The van der Waals surface area contributed by atoms with Gasteiger partial charge in [-0.2, -0.15) is 0 Å². The predicted molar refractivity (Wildman–Crippen MR) is 164 cm³/mol. The van der Waals surface area contributed by atoms with Gasteiger partial charge in [-0.25, -0.2) is 9.80 Å². The van der Waals surface area contributed by atoms with E-state index < -0.39 is 8.32 Å². The number of nitrogens with zero attached hydrogens (tertiary/aromatic N) is 2. The highest BCUT2D eigenvalue weighted by Crippen LogP contribution is 2.38. The Bertz CT molecular complexity index is 1160. The van der Waals surface area contributed by atoms with Gasteiger partial charge in [-0.3, -0.25) is 9.80 Å². The minimum absolute atomic E-state index is 0.00146. The van der Waals surface area contributed by atoms with Gasteiger partial charge in [0.25, 0.3) is 0 Å². The highest BCUT2D eigenvalue weighted by Gasteiger charge is 2.39. The van der Waals surface area contributed by atoms with Crippen LogP contribution in [0.5, 0.6) is 0 Å². The van der Waals surface area contributed by atoms with E-state index in [1.807, 2.05) is 22.7 Å². The van der Waals surface area contributed by atoms with Gasteiger partial charge < -0.3 is 9.16 Å². The Morgan fingerprint density at radius 1 is 1.16 bits per heavy atom. The quantitative estimate of drug-likeness (QED) is 0.183. The van der Waals surface area contributed by atoms with Crippen LogP contribution in [0.25, 0.3) is 0 Å². The lowest BCUT2D eigenvalue weighted by Gasteiger charge is -2.41. The van der Waals surface area contributed by atoms with Crippen LogP contribution < -0.4 is 0 Å². The van der Waals surface area contributed by atoms with E-state index in [1.54, 1.807) is 11.1 Å². The smallest absolute Gasteiger partial charge is 0.348 e. The van der Waals surface area contributed by atoms with Crippen LogP contribution in [-0.2, 0) is 22.0 Å². The molecule has 0 N–H and O–H groups in total. The number of thiophene rings is 1. The fourth-order valence-electron chi connectivity index (χ4n) is 3.86. The average molecular weight is 640 g/mol. The number of hydrogen-bond acceptors (Lipinski definition) is 7. The molecule has 0 bridgehead atoms. The lowest BCUT2D eigenvalue weighted by molar-refractivity contribution is 0.0566. The van der Waals surface area contributed by atoms with Gasteiger partial charge in [0.1, 0.15) is 4.88 Å². The molecule has 1 aliphatic heterocycles. The van der Waals surface area contributed by atoms with E-state index >= 15 is 0 Å². The third-order valence-electron chi connectivity index (χ3n) is 7.19. The number of aryl methyl sites for hydroxylation is 1. The number of ether oxygens (including phenoxy) is 1. The highest BCUT2D eigenvalue weighted by atomic mass is 79.9. The predicted octanol–water partition coefficient (Wildman–Crippen LogP) is 8.03. The molecular weight excluding hydrogens is 600 g/mol. The van der Waals surface area contributed by atoms with Gasteiger partial charge in [-0.15, -0.1) is 11.3 Å². The maximum Gasteiger partial charge on any atom is 0.348 e. The van der Waals surface area contributed by atoms with Gasteiger partial charge in [-0.1, -0.05) is 48.8 Å². The van der Waals surface area contributed by atoms with E-state index in [9.17, 15) is 9.59 Å². The van der Waals surface area contributed by atoms with Gasteiger partial charge in [0, 0.05) is 35.1 Å². The monoisotopic (exact) mass is 638 g/mol. The molecule has 0 spiro atoms. The second kappa shape index (κ2) is 13.2. The molecule has 1 atom stereocenters. The third kappa shape index (κ3) is 8.21. The number of halogens is 1. The van der Waals surface area contributed by atoms with Gasteiger partial charge >= 0.3 is 11.2 Å². The summed E-state index contributed by atoms with van der Waals surface area (Å²) in [5.41, 5.74) is 2.45. The molecule has 3 rings (SSSR count). The molecule has 208 valence electrons. The second-order valence-electron chi connectivity index (χ2n) is 11.0. The van der Waals surface area contributed by atoms with E-state index in [0.717, 1.165) is 22.2 Å². The SMILES string of the molecule is COC(=O)c1ccc(CCN2C(=O)SC=CN2CCC(Cc2ccc(C)c(Br)c2)O[Si](C)(C)C(C)(C)C)s1. The Hall–Kier alpha value is -1.59. The number of methoxy groups -OCH3 is 1. The van der Waals surface area contributed by atoms with E-state index in [4.69, 9.17) is 9.16 Å². The first-order valence-corrected chi connectivity index (χ1v) is 18.2. The van der Waals surface area contributed by atoms with E-state index in [2.05, 4.69) is 74.9 Å².